The molecule has 0 aliphatic carbocycles. The zero-order valence-corrected chi connectivity index (χ0v) is 12.6. The molecule has 5 heteroatoms. The molecule has 1 unspecified atom stereocenters. The van der Waals surface area contributed by atoms with Crippen molar-refractivity contribution in [2.24, 2.45) is 11.1 Å². The molecule has 1 fully saturated rings. The fourth-order valence-electron chi connectivity index (χ4n) is 2.24. The molecule has 1 rings (SSSR count). The lowest BCUT2D eigenvalue weighted by Crippen LogP contribution is -2.44. The van der Waals surface area contributed by atoms with Gasteiger partial charge in [0.15, 0.2) is 0 Å². The Bertz CT molecular complexity index is 276. The number of hydrogen-bond acceptors (Lipinski definition) is 4. The van der Waals surface area contributed by atoms with Crippen molar-refractivity contribution in [1.29, 1.82) is 0 Å². The summed E-state index contributed by atoms with van der Waals surface area (Å²) >= 11 is 0. The number of carbonyl (C=O) groups is 1. The maximum Gasteiger partial charge on any atom is 0.234 e. The van der Waals surface area contributed by atoms with E-state index in [1.54, 1.807) is 0 Å². The van der Waals surface area contributed by atoms with E-state index in [1.165, 1.54) is 0 Å². The highest BCUT2D eigenvalue weighted by Crippen LogP contribution is 2.14. The van der Waals surface area contributed by atoms with Gasteiger partial charge in [0.25, 0.3) is 0 Å². The zero-order valence-electron chi connectivity index (χ0n) is 12.6. The maximum atomic E-state index is 11.9. The molecule has 112 valence electrons. The third-order valence-corrected chi connectivity index (χ3v) is 3.57. The number of nitrogens with two attached hydrogens (primary N) is 1. The summed E-state index contributed by atoms with van der Waals surface area (Å²) in [6.07, 6.45) is 2.36. The van der Waals surface area contributed by atoms with Crippen molar-refractivity contribution in [1.82, 2.24) is 10.2 Å². The standard InChI is InChI=1S/C14H29N3O2/c1-4-17(11-14(2,3)10-15)9-13(18)16-8-12-6-5-7-19-12/h12H,4-11,15H2,1-3H3,(H,16,18). The Morgan fingerprint density at radius 3 is 2.79 bits per heavy atom. The monoisotopic (exact) mass is 271 g/mol. The topological polar surface area (TPSA) is 67.6 Å². The van der Waals surface area contributed by atoms with Crippen LogP contribution in [0.1, 0.15) is 33.6 Å². The van der Waals surface area contributed by atoms with Gasteiger partial charge in [-0.05, 0) is 31.3 Å². The zero-order chi connectivity index (χ0) is 14.3. The van der Waals surface area contributed by atoms with Crippen LogP contribution in [0.5, 0.6) is 0 Å². The van der Waals surface area contributed by atoms with Crippen molar-refractivity contribution < 1.29 is 9.53 Å². The van der Waals surface area contributed by atoms with Crippen molar-refractivity contribution in [3.8, 4) is 0 Å². The van der Waals surface area contributed by atoms with Gasteiger partial charge in [-0.15, -0.1) is 0 Å². The SMILES string of the molecule is CCN(CC(=O)NCC1CCCO1)CC(C)(C)CN. The lowest BCUT2D eigenvalue weighted by molar-refractivity contribution is -0.123. The minimum absolute atomic E-state index is 0.0465. The molecule has 1 saturated heterocycles. The number of nitrogens with zero attached hydrogens (tertiary/aromatic N) is 1. The molecule has 0 spiro atoms. The van der Waals surface area contributed by atoms with E-state index in [1.807, 2.05) is 0 Å². The molecule has 0 aromatic rings. The summed E-state index contributed by atoms with van der Waals surface area (Å²) in [5, 5.41) is 2.96. The number of likely N-dealkylation sites (N-methyl/N-ethyl adjacent to an activating group) is 1. The van der Waals surface area contributed by atoms with Crippen molar-refractivity contribution in [2.45, 2.75) is 39.7 Å². The van der Waals surface area contributed by atoms with Crippen molar-refractivity contribution in [2.75, 3.05) is 39.3 Å². The normalized spacial score (nSPS) is 19.9. The molecule has 0 aromatic carbocycles. The Morgan fingerprint density at radius 1 is 1.53 bits per heavy atom. The van der Waals surface area contributed by atoms with Crippen molar-refractivity contribution in [3.05, 3.63) is 0 Å². The van der Waals surface area contributed by atoms with Gasteiger partial charge in [-0.2, -0.15) is 0 Å². The molecule has 1 amide bonds. The molecular weight excluding hydrogens is 242 g/mol. The van der Waals surface area contributed by atoms with Crippen molar-refractivity contribution in [3.63, 3.8) is 0 Å². The van der Waals surface area contributed by atoms with E-state index >= 15 is 0 Å². The second-order valence-electron chi connectivity index (χ2n) is 6.11. The minimum atomic E-state index is 0.0465. The molecule has 19 heavy (non-hydrogen) atoms. The van der Waals surface area contributed by atoms with Crippen LogP contribution in [-0.2, 0) is 9.53 Å². The van der Waals surface area contributed by atoms with Gasteiger partial charge < -0.3 is 15.8 Å². The van der Waals surface area contributed by atoms with Gasteiger partial charge in [0.1, 0.15) is 0 Å². The second-order valence-corrected chi connectivity index (χ2v) is 6.11. The van der Waals surface area contributed by atoms with E-state index in [2.05, 4.69) is 31.0 Å². The number of carbonyl (C=O) groups excluding carboxylic acids is 1. The van der Waals surface area contributed by atoms with Gasteiger partial charge in [0, 0.05) is 19.7 Å². The third kappa shape index (κ3) is 6.36. The van der Waals surface area contributed by atoms with E-state index in [4.69, 9.17) is 10.5 Å². The number of ether oxygens (including phenoxy) is 1. The molecule has 0 saturated carbocycles. The van der Waals surface area contributed by atoms with Crippen LogP contribution in [0, 0.1) is 5.41 Å². The number of nitrogens with one attached hydrogen (secondary N) is 1. The molecule has 1 aliphatic heterocycles. The van der Waals surface area contributed by atoms with Crippen LogP contribution < -0.4 is 11.1 Å². The molecule has 3 N–H and O–H groups in total. The summed E-state index contributed by atoms with van der Waals surface area (Å²) in [5.74, 6) is 0.0742. The maximum absolute atomic E-state index is 11.9. The number of amides is 1. The van der Waals surface area contributed by atoms with Crippen LogP contribution in [0.3, 0.4) is 0 Å². The predicted octanol–water partition coefficient (Wildman–Crippen LogP) is 0.588. The highest BCUT2D eigenvalue weighted by atomic mass is 16.5. The minimum Gasteiger partial charge on any atom is -0.376 e. The first-order chi connectivity index (χ1) is 8.96. The Kier molecular flexibility index (Phi) is 6.75. The third-order valence-electron chi connectivity index (χ3n) is 3.57. The van der Waals surface area contributed by atoms with Crippen LogP contribution in [0.4, 0.5) is 0 Å². The Labute approximate surface area is 116 Å². The summed E-state index contributed by atoms with van der Waals surface area (Å²) in [6.45, 7) is 10.5. The Balaban J connectivity index is 2.27. The Morgan fingerprint density at radius 2 is 2.26 bits per heavy atom. The van der Waals surface area contributed by atoms with Crippen LogP contribution >= 0.6 is 0 Å². The molecule has 0 bridgehead atoms. The Hall–Kier alpha value is -0.650. The average molecular weight is 271 g/mol. The largest absolute Gasteiger partial charge is 0.376 e. The van der Waals surface area contributed by atoms with Gasteiger partial charge in [-0.3, -0.25) is 9.69 Å². The van der Waals surface area contributed by atoms with E-state index < -0.39 is 0 Å². The lowest BCUT2D eigenvalue weighted by Gasteiger charge is -2.30. The quantitative estimate of drug-likeness (QED) is 0.678. The molecule has 0 aromatic heterocycles. The summed E-state index contributed by atoms with van der Waals surface area (Å²) in [6, 6.07) is 0. The smallest absolute Gasteiger partial charge is 0.234 e. The van der Waals surface area contributed by atoms with Crippen LogP contribution in [0.25, 0.3) is 0 Å². The van der Waals surface area contributed by atoms with E-state index in [-0.39, 0.29) is 17.4 Å². The molecule has 1 atom stereocenters. The van der Waals surface area contributed by atoms with Crippen LogP contribution in [0.2, 0.25) is 0 Å². The van der Waals surface area contributed by atoms with Crippen molar-refractivity contribution >= 4 is 5.91 Å². The van der Waals surface area contributed by atoms with E-state index in [0.29, 0.717) is 19.6 Å². The molecular formula is C14H29N3O2. The van der Waals surface area contributed by atoms with Gasteiger partial charge in [0.05, 0.1) is 12.6 Å². The van der Waals surface area contributed by atoms with Crippen LogP contribution in [0.15, 0.2) is 0 Å². The molecule has 5 nitrogen and oxygen atoms in total. The first-order valence-electron chi connectivity index (χ1n) is 7.27. The lowest BCUT2D eigenvalue weighted by atomic mass is 9.93. The summed E-state index contributed by atoms with van der Waals surface area (Å²) in [5.41, 5.74) is 5.78. The second kappa shape index (κ2) is 7.82. The summed E-state index contributed by atoms with van der Waals surface area (Å²) in [7, 11) is 0. The fourth-order valence-corrected chi connectivity index (χ4v) is 2.24. The summed E-state index contributed by atoms with van der Waals surface area (Å²) < 4.78 is 5.49. The molecule has 1 heterocycles. The highest BCUT2D eigenvalue weighted by Gasteiger charge is 2.21. The molecule has 1 aliphatic rings. The molecule has 0 radical (unpaired) electrons. The number of rotatable bonds is 8. The predicted molar refractivity (Wildman–Crippen MR) is 76.9 cm³/mol. The fraction of sp³-hybridized carbons (Fsp3) is 0.929. The van der Waals surface area contributed by atoms with Gasteiger partial charge >= 0.3 is 0 Å². The van der Waals surface area contributed by atoms with E-state index in [9.17, 15) is 4.79 Å². The average Bonchev–Trinajstić information content (AvgIpc) is 2.88. The first kappa shape index (κ1) is 16.4. The van der Waals surface area contributed by atoms with Gasteiger partial charge in [-0.25, -0.2) is 0 Å². The highest BCUT2D eigenvalue weighted by molar-refractivity contribution is 5.78. The summed E-state index contributed by atoms with van der Waals surface area (Å²) in [4.78, 5) is 14.0. The van der Waals surface area contributed by atoms with Gasteiger partial charge in [0.2, 0.25) is 5.91 Å². The first-order valence-corrected chi connectivity index (χ1v) is 7.27. The number of hydrogen-bond donors (Lipinski definition) is 2. The van der Waals surface area contributed by atoms with E-state index in [0.717, 1.165) is 32.5 Å². The van der Waals surface area contributed by atoms with Gasteiger partial charge in [-0.1, -0.05) is 20.8 Å². The van der Waals surface area contributed by atoms with Crippen LogP contribution in [-0.4, -0.2) is 56.2 Å².